The molecule has 114 valence electrons. The Balaban J connectivity index is 2.03. The van der Waals surface area contributed by atoms with Crippen molar-refractivity contribution in [2.24, 2.45) is 5.73 Å². The molecule has 2 N–H and O–H groups in total. The van der Waals surface area contributed by atoms with Crippen molar-refractivity contribution in [3.05, 3.63) is 24.0 Å². The highest BCUT2D eigenvalue weighted by molar-refractivity contribution is 5.78. The van der Waals surface area contributed by atoms with Crippen LogP contribution < -0.4 is 10.5 Å². The van der Waals surface area contributed by atoms with E-state index in [-0.39, 0.29) is 6.04 Å². The molecule has 3 rings (SSSR count). The summed E-state index contributed by atoms with van der Waals surface area (Å²) in [5, 5.41) is 0. The number of likely N-dealkylation sites (tertiary alicyclic amines) is 1. The van der Waals surface area contributed by atoms with E-state index >= 15 is 0 Å². The molecular weight excluding hydrogens is 264 g/mol. The number of ether oxygens (including phenoxy) is 1. The third-order valence-corrected chi connectivity index (χ3v) is 4.32. The van der Waals surface area contributed by atoms with Gasteiger partial charge in [-0.15, -0.1) is 0 Å². The van der Waals surface area contributed by atoms with Crippen LogP contribution in [0.2, 0.25) is 0 Å². The minimum atomic E-state index is 0.251. The maximum absolute atomic E-state index is 5.90. The smallest absolute Gasteiger partial charge is 0.124 e. The summed E-state index contributed by atoms with van der Waals surface area (Å²) < 4.78 is 7.59. The zero-order valence-corrected chi connectivity index (χ0v) is 12.9. The molecule has 0 radical (unpaired) electrons. The van der Waals surface area contributed by atoms with Gasteiger partial charge in [-0.2, -0.15) is 0 Å². The van der Waals surface area contributed by atoms with Crippen LogP contribution in [0.15, 0.2) is 18.2 Å². The lowest BCUT2D eigenvalue weighted by Crippen LogP contribution is -2.24. The SMILES string of the molecule is COc1ccc2c(c1)nc(CN1CCCC1)n2C(C)CN. The normalized spacial score (nSPS) is 17.5. The van der Waals surface area contributed by atoms with Crippen LogP contribution in [0.1, 0.15) is 31.6 Å². The molecule has 5 nitrogen and oxygen atoms in total. The lowest BCUT2D eigenvalue weighted by Gasteiger charge is -2.19. The van der Waals surface area contributed by atoms with E-state index in [1.54, 1.807) is 7.11 Å². The average Bonchev–Trinajstić information content (AvgIpc) is 3.13. The zero-order chi connectivity index (χ0) is 14.8. The maximum Gasteiger partial charge on any atom is 0.124 e. The van der Waals surface area contributed by atoms with Gasteiger partial charge in [-0.25, -0.2) is 4.98 Å². The van der Waals surface area contributed by atoms with Crippen LogP contribution >= 0.6 is 0 Å². The monoisotopic (exact) mass is 288 g/mol. The first-order valence-corrected chi connectivity index (χ1v) is 7.70. The van der Waals surface area contributed by atoms with Gasteiger partial charge in [0.2, 0.25) is 0 Å². The predicted molar refractivity (Wildman–Crippen MR) is 84.6 cm³/mol. The average molecular weight is 288 g/mol. The van der Waals surface area contributed by atoms with Gasteiger partial charge in [0, 0.05) is 18.7 Å². The van der Waals surface area contributed by atoms with Crippen molar-refractivity contribution in [3.8, 4) is 5.75 Å². The molecule has 0 bridgehead atoms. The van der Waals surface area contributed by atoms with Crippen LogP contribution in [-0.2, 0) is 6.54 Å². The highest BCUT2D eigenvalue weighted by atomic mass is 16.5. The van der Waals surface area contributed by atoms with E-state index in [9.17, 15) is 0 Å². The Hall–Kier alpha value is -1.59. The molecule has 21 heavy (non-hydrogen) atoms. The minimum absolute atomic E-state index is 0.251. The number of fused-ring (bicyclic) bond motifs is 1. The highest BCUT2D eigenvalue weighted by Gasteiger charge is 2.19. The second kappa shape index (κ2) is 6.03. The fourth-order valence-corrected chi connectivity index (χ4v) is 3.10. The molecule has 2 aromatic rings. The molecule has 5 heteroatoms. The first-order valence-electron chi connectivity index (χ1n) is 7.70. The van der Waals surface area contributed by atoms with Crippen LogP contribution in [0.5, 0.6) is 5.75 Å². The molecule has 0 amide bonds. The first-order chi connectivity index (χ1) is 10.2. The fraction of sp³-hybridized carbons (Fsp3) is 0.562. The number of imidazole rings is 1. The molecule has 1 saturated heterocycles. The van der Waals surface area contributed by atoms with Gasteiger partial charge in [0.1, 0.15) is 11.6 Å². The number of nitrogens with zero attached hydrogens (tertiary/aromatic N) is 3. The van der Waals surface area contributed by atoms with Gasteiger partial charge in [0.15, 0.2) is 0 Å². The first kappa shape index (κ1) is 14.4. The van der Waals surface area contributed by atoms with Crippen LogP contribution in [-0.4, -0.2) is 41.2 Å². The molecule has 0 aliphatic carbocycles. The van der Waals surface area contributed by atoms with Crippen molar-refractivity contribution in [2.45, 2.75) is 32.4 Å². The summed E-state index contributed by atoms with van der Waals surface area (Å²) in [6.45, 7) is 6.01. The van der Waals surface area contributed by atoms with E-state index < -0.39 is 0 Å². The minimum Gasteiger partial charge on any atom is -0.497 e. The zero-order valence-electron chi connectivity index (χ0n) is 12.9. The van der Waals surface area contributed by atoms with E-state index in [4.69, 9.17) is 15.5 Å². The molecule has 1 aromatic carbocycles. The largest absolute Gasteiger partial charge is 0.497 e. The lowest BCUT2D eigenvalue weighted by molar-refractivity contribution is 0.313. The molecule has 0 spiro atoms. The van der Waals surface area contributed by atoms with Gasteiger partial charge in [0.05, 0.1) is 24.7 Å². The number of aromatic nitrogens is 2. The predicted octanol–water partition coefficient (Wildman–Crippen LogP) is 2.16. The Morgan fingerprint density at radius 1 is 1.33 bits per heavy atom. The lowest BCUT2D eigenvalue weighted by atomic mass is 10.2. The molecular formula is C16H24N4O. The van der Waals surface area contributed by atoms with E-state index in [2.05, 4.69) is 22.5 Å². The molecule has 1 atom stereocenters. The van der Waals surface area contributed by atoms with Gasteiger partial charge in [-0.1, -0.05) is 0 Å². The topological polar surface area (TPSA) is 56.3 Å². The van der Waals surface area contributed by atoms with Gasteiger partial charge in [0.25, 0.3) is 0 Å². The van der Waals surface area contributed by atoms with E-state index in [1.165, 1.54) is 25.9 Å². The van der Waals surface area contributed by atoms with Crippen LogP contribution in [0.4, 0.5) is 0 Å². The van der Waals surface area contributed by atoms with Gasteiger partial charge >= 0.3 is 0 Å². The van der Waals surface area contributed by atoms with Crippen molar-refractivity contribution in [1.82, 2.24) is 14.5 Å². The maximum atomic E-state index is 5.90. The quantitative estimate of drug-likeness (QED) is 0.916. The summed E-state index contributed by atoms with van der Waals surface area (Å²) in [5.74, 6) is 1.96. The van der Waals surface area contributed by atoms with Crippen molar-refractivity contribution in [3.63, 3.8) is 0 Å². The molecule has 0 saturated carbocycles. The number of methoxy groups -OCH3 is 1. The molecule has 1 aliphatic heterocycles. The van der Waals surface area contributed by atoms with Crippen molar-refractivity contribution in [2.75, 3.05) is 26.7 Å². The Bertz CT molecular complexity index is 616. The Morgan fingerprint density at radius 3 is 2.76 bits per heavy atom. The van der Waals surface area contributed by atoms with E-state index in [1.807, 2.05) is 12.1 Å². The highest BCUT2D eigenvalue weighted by Crippen LogP contribution is 2.26. The summed E-state index contributed by atoms with van der Waals surface area (Å²) in [6.07, 6.45) is 2.58. The van der Waals surface area contributed by atoms with Crippen molar-refractivity contribution >= 4 is 11.0 Å². The standard InChI is InChI=1S/C16H24N4O/c1-12(10-17)20-15-6-5-13(21-2)9-14(15)18-16(20)11-19-7-3-4-8-19/h5-6,9,12H,3-4,7-8,10-11,17H2,1-2H3. The Kier molecular flexibility index (Phi) is 4.12. The number of hydrogen-bond acceptors (Lipinski definition) is 4. The van der Waals surface area contributed by atoms with Gasteiger partial charge in [-0.3, -0.25) is 4.90 Å². The number of benzene rings is 1. The second-order valence-corrected chi connectivity index (χ2v) is 5.82. The molecule has 2 heterocycles. The second-order valence-electron chi connectivity index (χ2n) is 5.82. The third-order valence-electron chi connectivity index (χ3n) is 4.32. The van der Waals surface area contributed by atoms with Crippen LogP contribution in [0.3, 0.4) is 0 Å². The van der Waals surface area contributed by atoms with E-state index in [0.717, 1.165) is 29.2 Å². The third kappa shape index (κ3) is 2.76. The number of nitrogens with two attached hydrogens (primary N) is 1. The molecule has 1 unspecified atom stereocenters. The summed E-state index contributed by atoms with van der Waals surface area (Å²) in [7, 11) is 1.69. The Labute approximate surface area is 125 Å². The number of hydrogen-bond donors (Lipinski definition) is 1. The van der Waals surface area contributed by atoms with Gasteiger partial charge < -0.3 is 15.0 Å². The van der Waals surface area contributed by atoms with E-state index in [0.29, 0.717) is 6.54 Å². The van der Waals surface area contributed by atoms with Crippen LogP contribution in [0.25, 0.3) is 11.0 Å². The summed E-state index contributed by atoms with van der Waals surface area (Å²) in [6, 6.07) is 6.33. The van der Waals surface area contributed by atoms with Crippen molar-refractivity contribution < 1.29 is 4.74 Å². The van der Waals surface area contributed by atoms with Gasteiger partial charge in [-0.05, 0) is 45.0 Å². The van der Waals surface area contributed by atoms with Crippen LogP contribution in [0, 0.1) is 0 Å². The van der Waals surface area contributed by atoms with Crippen molar-refractivity contribution in [1.29, 1.82) is 0 Å². The number of rotatable bonds is 5. The summed E-state index contributed by atoms with van der Waals surface area (Å²) in [5.41, 5.74) is 8.03. The molecule has 1 fully saturated rings. The fourth-order valence-electron chi connectivity index (χ4n) is 3.10. The molecule has 1 aliphatic rings. The summed E-state index contributed by atoms with van der Waals surface area (Å²) >= 11 is 0. The molecule has 1 aromatic heterocycles. The Morgan fingerprint density at radius 2 is 2.10 bits per heavy atom. The summed E-state index contributed by atoms with van der Waals surface area (Å²) in [4.78, 5) is 7.31.